The lowest BCUT2D eigenvalue weighted by molar-refractivity contribution is -0.135. The zero-order chi connectivity index (χ0) is 23.1. The van der Waals surface area contributed by atoms with Crippen molar-refractivity contribution in [2.75, 3.05) is 13.1 Å². The number of aryl methyl sites for hydroxylation is 1. The molecule has 0 bridgehead atoms. The van der Waals surface area contributed by atoms with E-state index in [0.29, 0.717) is 30.7 Å². The number of carbonyl (C=O) groups is 1. The highest BCUT2D eigenvalue weighted by atomic mass is 16.2. The highest BCUT2D eigenvalue weighted by molar-refractivity contribution is 5.78. The molecule has 5 heterocycles. The van der Waals surface area contributed by atoms with Crippen molar-refractivity contribution in [2.45, 2.75) is 65.6 Å². The number of fused-ring (bicyclic) bond motifs is 2. The van der Waals surface area contributed by atoms with E-state index in [4.69, 9.17) is 4.98 Å². The number of hydrogen-bond acceptors (Lipinski definition) is 5. The number of piperidine rings is 1. The Bertz CT molecular complexity index is 1240. The molecule has 0 aliphatic carbocycles. The van der Waals surface area contributed by atoms with Crippen molar-refractivity contribution >= 4 is 11.6 Å². The van der Waals surface area contributed by atoms with Crippen molar-refractivity contribution in [3.8, 4) is 0 Å². The topological polar surface area (TPSA) is 86.6 Å². The van der Waals surface area contributed by atoms with E-state index < -0.39 is 0 Å². The molecule has 0 spiro atoms. The number of H-pyrrole nitrogens is 1. The van der Waals surface area contributed by atoms with Crippen LogP contribution in [0.1, 0.15) is 67.2 Å². The summed E-state index contributed by atoms with van der Waals surface area (Å²) in [6.07, 6.45) is 7.77. The molecule has 8 nitrogen and oxygen atoms in total. The predicted octanol–water partition coefficient (Wildman–Crippen LogP) is 2.99. The standard InChI is InChI=1S/C25H32N6O2/c1-16(2)24(32)30-11-8-20-19(15-30)25(33)31-23(27-20)12-21(28-31)22-6-4-5-10-29(22)14-18-7-9-26-13-17(18)3/h7,9,12-13,16,22,28H,4-6,8,10-11,14-15H2,1-3H3/t22-/m0/s1. The number of carbonyl (C=O) groups excluding carboxylic acids is 1. The molecule has 0 unspecified atom stereocenters. The molecule has 174 valence electrons. The number of nitrogens with one attached hydrogen (secondary N) is 1. The number of aromatic amines is 1. The fraction of sp³-hybridized carbons (Fsp3) is 0.520. The quantitative estimate of drug-likeness (QED) is 0.663. The van der Waals surface area contributed by atoms with Gasteiger partial charge in [-0.3, -0.25) is 24.6 Å². The summed E-state index contributed by atoms with van der Waals surface area (Å²) >= 11 is 0. The third-order valence-electron chi connectivity index (χ3n) is 7.07. The van der Waals surface area contributed by atoms with Crippen molar-refractivity contribution in [1.82, 2.24) is 29.4 Å². The highest BCUT2D eigenvalue weighted by Gasteiger charge is 2.29. The van der Waals surface area contributed by atoms with E-state index in [9.17, 15) is 9.59 Å². The fourth-order valence-electron chi connectivity index (χ4n) is 5.15. The minimum Gasteiger partial charge on any atom is -0.337 e. The van der Waals surface area contributed by atoms with Crippen molar-refractivity contribution < 1.29 is 4.79 Å². The molecule has 1 atom stereocenters. The number of likely N-dealkylation sites (tertiary alicyclic amines) is 1. The third-order valence-corrected chi connectivity index (χ3v) is 7.07. The van der Waals surface area contributed by atoms with Crippen molar-refractivity contribution in [3.63, 3.8) is 0 Å². The molecule has 3 aromatic heterocycles. The van der Waals surface area contributed by atoms with Gasteiger partial charge >= 0.3 is 0 Å². The fourth-order valence-corrected chi connectivity index (χ4v) is 5.15. The maximum Gasteiger partial charge on any atom is 0.277 e. The molecule has 33 heavy (non-hydrogen) atoms. The average Bonchev–Trinajstić information content (AvgIpc) is 3.24. The highest BCUT2D eigenvalue weighted by Crippen LogP contribution is 2.32. The van der Waals surface area contributed by atoms with Crippen LogP contribution in [-0.2, 0) is 24.3 Å². The van der Waals surface area contributed by atoms with Crippen LogP contribution in [0.2, 0.25) is 0 Å². The summed E-state index contributed by atoms with van der Waals surface area (Å²) in [5.41, 5.74) is 5.56. The molecule has 1 fully saturated rings. The second-order valence-corrected chi connectivity index (χ2v) is 9.70. The SMILES string of the molecule is Cc1cnccc1CN1CCCC[C@H]1c1cc2nc3c(c(=O)n2[nH]1)CN(C(=O)C(C)C)CC3. The molecule has 1 saturated heterocycles. The third kappa shape index (κ3) is 4.08. The zero-order valence-electron chi connectivity index (χ0n) is 19.7. The Labute approximate surface area is 193 Å². The van der Waals surface area contributed by atoms with E-state index in [0.717, 1.165) is 37.3 Å². The summed E-state index contributed by atoms with van der Waals surface area (Å²) in [5.74, 6) is 0.00553. The first-order chi connectivity index (χ1) is 15.9. The maximum absolute atomic E-state index is 13.4. The summed E-state index contributed by atoms with van der Waals surface area (Å²) in [5, 5.41) is 3.37. The molecule has 1 amide bonds. The van der Waals surface area contributed by atoms with Gasteiger partial charge in [0.25, 0.3) is 5.56 Å². The lowest BCUT2D eigenvalue weighted by Crippen LogP contribution is -2.41. The first-order valence-corrected chi connectivity index (χ1v) is 12.0. The number of aromatic nitrogens is 4. The van der Waals surface area contributed by atoms with E-state index in [2.05, 4.69) is 28.0 Å². The van der Waals surface area contributed by atoms with Crippen LogP contribution in [0.3, 0.4) is 0 Å². The number of pyridine rings is 1. The largest absolute Gasteiger partial charge is 0.337 e. The molecule has 2 aliphatic heterocycles. The van der Waals surface area contributed by atoms with E-state index >= 15 is 0 Å². The molecule has 8 heteroatoms. The van der Waals surface area contributed by atoms with E-state index in [-0.39, 0.29) is 23.4 Å². The molecular formula is C25H32N6O2. The normalized spacial score (nSPS) is 19.3. The Balaban J connectivity index is 1.47. The number of amides is 1. The Morgan fingerprint density at radius 3 is 2.91 bits per heavy atom. The van der Waals surface area contributed by atoms with Gasteiger partial charge in [-0.25, -0.2) is 9.50 Å². The predicted molar refractivity (Wildman–Crippen MR) is 126 cm³/mol. The molecule has 2 aliphatic rings. The van der Waals surface area contributed by atoms with Gasteiger partial charge in [0, 0.05) is 43.9 Å². The first kappa shape index (κ1) is 21.8. The van der Waals surface area contributed by atoms with Gasteiger partial charge in [0.2, 0.25) is 5.91 Å². The first-order valence-electron chi connectivity index (χ1n) is 12.0. The van der Waals surface area contributed by atoms with Crippen LogP contribution in [0.15, 0.2) is 29.3 Å². The lowest BCUT2D eigenvalue weighted by Gasteiger charge is -2.35. The summed E-state index contributed by atoms with van der Waals surface area (Å²) in [6.45, 7) is 8.73. The molecule has 5 rings (SSSR count). The van der Waals surface area contributed by atoms with Crippen LogP contribution in [0.5, 0.6) is 0 Å². The average molecular weight is 449 g/mol. The summed E-state index contributed by atoms with van der Waals surface area (Å²) in [7, 11) is 0. The minimum absolute atomic E-state index is 0.0793. The second-order valence-electron chi connectivity index (χ2n) is 9.70. The Morgan fingerprint density at radius 2 is 2.12 bits per heavy atom. The van der Waals surface area contributed by atoms with Gasteiger partial charge < -0.3 is 4.90 Å². The van der Waals surface area contributed by atoms with Crippen LogP contribution in [-0.4, -0.2) is 48.4 Å². The van der Waals surface area contributed by atoms with Gasteiger partial charge in [-0.2, -0.15) is 0 Å². The summed E-state index contributed by atoms with van der Waals surface area (Å²) < 4.78 is 1.57. The van der Waals surface area contributed by atoms with E-state index in [1.807, 2.05) is 32.3 Å². The molecule has 0 aromatic carbocycles. The van der Waals surface area contributed by atoms with Crippen LogP contribution in [0, 0.1) is 12.8 Å². The summed E-state index contributed by atoms with van der Waals surface area (Å²) in [4.78, 5) is 39.2. The molecular weight excluding hydrogens is 416 g/mol. The van der Waals surface area contributed by atoms with Gasteiger partial charge in [0.15, 0.2) is 5.65 Å². The van der Waals surface area contributed by atoms with Gasteiger partial charge in [0.1, 0.15) is 0 Å². The van der Waals surface area contributed by atoms with Crippen LogP contribution in [0.4, 0.5) is 0 Å². The smallest absolute Gasteiger partial charge is 0.277 e. The van der Waals surface area contributed by atoms with E-state index in [1.54, 1.807) is 9.42 Å². The zero-order valence-corrected chi connectivity index (χ0v) is 19.7. The molecule has 1 N–H and O–H groups in total. The van der Waals surface area contributed by atoms with Crippen LogP contribution < -0.4 is 5.56 Å². The van der Waals surface area contributed by atoms with Crippen LogP contribution in [0.25, 0.3) is 5.65 Å². The number of hydrogen-bond donors (Lipinski definition) is 1. The van der Waals surface area contributed by atoms with Crippen LogP contribution >= 0.6 is 0 Å². The van der Waals surface area contributed by atoms with Gasteiger partial charge in [-0.15, -0.1) is 0 Å². The lowest BCUT2D eigenvalue weighted by atomic mass is 9.98. The summed E-state index contributed by atoms with van der Waals surface area (Å²) in [6, 6.07) is 4.34. The van der Waals surface area contributed by atoms with Gasteiger partial charge in [0.05, 0.1) is 29.5 Å². The molecule has 3 aromatic rings. The minimum atomic E-state index is -0.0881. The van der Waals surface area contributed by atoms with Crippen molar-refractivity contribution in [2.24, 2.45) is 5.92 Å². The van der Waals surface area contributed by atoms with E-state index in [1.165, 1.54) is 17.5 Å². The monoisotopic (exact) mass is 448 g/mol. The maximum atomic E-state index is 13.4. The molecule has 0 saturated carbocycles. The van der Waals surface area contributed by atoms with Gasteiger partial charge in [-0.05, 0) is 43.5 Å². The Morgan fingerprint density at radius 1 is 1.27 bits per heavy atom. The van der Waals surface area contributed by atoms with Crippen molar-refractivity contribution in [1.29, 1.82) is 0 Å². The molecule has 0 radical (unpaired) electrons. The van der Waals surface area contributed by atoms with Crippen molar-refractivity contribution in [3.05, 3.63) is 63.0 Å². The Kier molecular flexibility index (Phi) is 5.78. The number of rotatable bonds is 4. The number of nitrogens with zero attached hydrogens (tertiary/aromatic N) is 5. The Hall–Kier alpha value is -3.00. The second kappa shape index (κ2) is 8.74. The van der Waals surface area contributed by atoms with Gasteiger partial charge in [-0.1, -0.05) is 20.3 Å².